The van der Waals surface area contributed by atoms with Crippen LogP contribution in [0, 0.1) is 12.7 Å². The smallest absolute Gasteiger partial charge is 0.277 e. The van der Waals surface area contributed by atoms with E-state index in [4.69, 9.17) is 9.15 Å². The Morgan fingerprint density at radius 3 is 2.43 bits per heavy atom. The normalized spacial score (nSPS) is 14.4. The molecule has 0 radical (unpaired) electrons. The molecule has 190 valence electrons. The summed E-state index contributed by atoms with van der Waals surface area (Å²) in [6, 6.07) is 22.5. The third kappa shape index (κ3) is 6.61. The van der Waals surface area contributed by atoms with E-state index in [1.165, 1.54) is 17.9 Å². The standard InChI is InChI=1S/C29H29FN4O3/c1-21-10-11-23(17-26(21)30)31-29(35)27-20-36-28(32-27)19-34-14-12-33(13-15-34)18-22-6-5-9-25(16-22)37-24-7-3-2-4-8-24/h2-11,16-17,20H,12-15,18-19H2,1H3,(H,31,35). The maximum atomic E-state index is 13.7. The highest BCUT2D eigenvalue weighted by atomic mass is 19.1. The molecule has 0 bridgehead atoms. The highest BCUT2D eigenvalue weighted by Gasteiger charge is 2.20. The Hall–Kier alpha value is -4.01. The molecule has 1 aromatic heterocycles. The number of carbonyl (C=O) groups excluding carboxylic acids is 1. The van der Waals surface area contributed by atoms with E-state index in [1.807, 2.05) is 42.5 Å². The molecule has 8 heteroatoms. The van der Waals surface area contributed by atoms with Gasteiger partial charge in [-0.3, -0.25) is 14.6 Å². The van der Waals surface area contributed by atoms with Crippen molar-refractivity contribution in [2.45, 2.75) is 20.0 Å². The van der Waals surface area contributed by atoms with Crippen molar-refractivity contribution in [2.24, 2.45) is 0 Å². The predicted octanol–water partition coefficient (Wildman–Crippen LogP) is 5.48. The molecule has 1 fully saturated rings. The molecule has 1 N–H and O–H groups in total. The van der Waals surface area contributed by atoms with E-state index in [-0.39, 0.29) is 11.5 Å². The predicted molar refractivity (Wildman–Crippen MR) is 139 cm³/mol. The van der Waals surface area contributed by atoms with Crippen molar-refractivity contribution in [2.75, 3.05) is 31.5 Å². The molecule has 0 saturated carbocycles. The molecular weight excluding hydrogens is 471 g/mol. The molecular formula is C29H29FN4O3. The molecule has 0 spiro atoms. The fourth-order valence-electron chi connectivity index (χ4n) is 4.24. The lowest BCUT2D eigenvalue weighted by Gasteiger charge is -2.34. The van der Waals surface area contributed by atoms with Crippen molar-refractivity contribution in [3.05, 3.63) is 108 Å². The molecule has 0 atom stereocenters. The summed E-state index contributed by atoms with van der Waals surface area (Å²) in [5.41, 5.74) is 2.28. The molecule has 4 aromatic rings. The summed E-state index contributed by atoms with van der Waals surface area (Å²) in [5, 5.41) is 2.66. The molecule has 5 rings (SSSR count). The van der Waals surface area contributed by atoms with Gasteiger partial charge in [-0.25, -0.2) is 9.37 Å². The maximum absolute atomic E-state index is 13.7. The molecule has 2 heterocycles. The number of rotatable bonds is 8. The van der Waals surface area contributed by atoms with Gasteiger partial charge in [0, 0.05) is 38.4 Å². The van der Waals surface area contributed by atoms with E-state index < -0.39 is 5.91 Å². The Bertz CT molecular complexity index is 1350. The van der Waals surface area contributed by atoms with Crippen LogP contribution in [0.1, 0.15) is 27.5 Å². The number of ether oxygens (including phenoxy) is 1. The van der Waals surface area contributed by atoms with E-state index in [0.717, 1.165) is 44.2 Å². The topological polar surface area (TPSA) is 70.8 Å². The first-order chi connectivity index (χ1) is 18.0. The second-order valence-electron chi connectivity index (χ2n) is 9.16. The van der Waals surface area contributed by atoms with E-state index in [0.29, 0.717) is 23.7 Å². The molecule has 0 aliphatic carbocycles. The Morgan fingerprint density at radius 1 is 0.946 bits per heavy atom. The summed E-state index contributed by atoms with van der Waals surface area (Å²) in [7, 11) is 0. The van der Waals surface area contributed by atoms with E-state index in [2.05, 4.69) is 32.2 Å². The van der Waals surface area contributed by atoms with Gasteiger partial charge in [-0.05, 0) is 54.4 Å². The van der Waals surface area contributed by atoms with Crippen LogP contribution in [0.3, 0.4) is 0 Å². The lowest BCUT2D eigenvalue weighted by atomic mass is 10.2. The molecule has 3 aromatic carbocycles. The lowest BCUT2D eigenvalue weighted by molar-refractivity contribution is 0.102. The van der Waals surface area contributed by atoms with Crippen LogP contribution in [-0.2, 0) is 13.1 Å². The fourth-order valence-corrected chi connectivity index (χ4v) is 4.24. The Balaban J connectivity index is 1.09. The highest BCUT2D eigenvalue weighted by Crippen LogP contribution is 2.23. The van der Waals surface area contributed by atoms with Gasteiger partial charge in [0.1, 0.15) is 23.6 Å². The minimum atomic E-state index is -0.429. The van der Waals surface area contributed by atoms with Crippen molar-refractivity contribution in [3.63, 3.8) is 0 Å². The molecule has 1 saturated heterocycles. The van der Waals surface area contributed by atoms with Gasteiger partial charge < -0.3 is 14.5 Å². The van der Waals surface area contributed by atoms with E-state index in [1.54, 1.807) is 19.1 Å². The number of aromatic nitrogens is 1. The van der Waals surface area contributed by atoms with Gasteiger partial charge in [-0.15, -0.1) is 0 Å². The number of anilines is 1. The third-order valence-electron chi connectivity index (χ3n) is 6.32. The van der Waals surface area contributed by atoms with Crippen LogP contribution in [0.2, 0.25) is 0 Å². The van der Waals surface area contributed by atoms with Gasteiger partial charge in [0.25, 0.3) is 5.91 Å². The molecule has 1 aliphatic heterocycles. The van der Waals surface area contributed by atoms with Crippen LogP contribution < -0.4 is 10.1 Å². The monoisotopic (exact) mass is 500 g/mol. The number of hydrogen-bond donors (Lipinski definition) is 1. The third-order valence-corrected chi connectivity index (χ3v) is 6.32. The zero-order valence-corrected chi connectivity index (χ0v) is 20.7. The summed E-state index contributed by atoms with van der Waals surface area (Å²) in [5.74, 6) is 1.34. The minimum absolute atomic E-state index is 0.173. The second-order valence-corrected chi connectivity index (χ2v) is 9.16. The average Bonchev–Trinajstić information content (AvgIpc) is 3.37. The number of halogens is 1. The van der Waals surface area contributed by atoms with E-state index >= 15 is 0 Å². The Labute approximate surface area is 215 Å². The Morgan fingerprint density at radius 2 is 1.68 bits per heavy atom. The molecule has 1 amide bonds. The number of para-hydroxylation sites is 1. The first-order valence-electron chi connectivity index (χ1n) is 12.3. The van der Waals surface area contributed by atoms with Crippen molar-refractivity contribution in [3.8, 4) is 11.5 Å². The van der Waals surface area contributed by atoms with Crippen molar-refractivity contribution >= 4 is 11.6 Å². The summed E-state index contributed by atoms with van der Waals surface area (Å²) in [6.45, 7) is 6.61. The number of aryl methyl sites for hydroxylation is 1. The van der Waals surface area contributed by atoms with Crippen molar-refractivity contribution < 1.29 is 18.3 Å². The van der Waals surface area contributed by atoms with Crippen molar-refractivity contribution in [1.29, 1.82) is 0 Å². The highest BCUT2D eigenvalue weighted by molar-refractivity contribution is 6.02. The summed E-state index contributed by atoms with van der Waals surface area (Å²) < 4.78 is 25.2. The SMILES string of the molecule is Cc1ccc(NC(=O)c2coc(CN3CCN(Cc4cccc(Oc5ccccc5)c4)CC3)n2)cc1F. The summed E-state index contributed by atoms with van der Waals surface area (Å²) >= 11 is 0. The van der Waals surface area contributed by atoms with Gasteiger partial charge in [-0.2, -0.15) is 0 Å². The molecule has 0 unspecified atom stereocenters. The average molecular weight is 501 g/mol. The van der Waals surface area contributed by atoms with Crippen LogP contribution in [0.25, 0.3) is 0 Å². The van der Waals surface area contributed by atoms with Crippen LogP contribution in [0.4, 0.5) is 10.1 Å². The number of nitrogens with one attached hydrogen (secondary N) is 1. The first-order valence-corrected chi connectivity index (χ1v) is 12.3. The fraction of sp³-hybridized carbons (Fsp3) is 0.241. The van der Waals surface area contributed by atoms with Gasteiger partial charge in [-0.1, -0.05) is 36.4 Å². The molecule has 7 nitrogen and oxygen atoms in total. The van der Waals surface area contributed by atoms with Gasteiger partial charge in [0.15, 0.2) is 5.69 Å². The largest absolute Gasteiger partial charge is 0.457 e. The van der Waals surface area contributed by atoms with Crippen LogP contribution >= 0.6 is 0 Å². The number of benzene rings is 3. The Kier molecular flexibility index (Phi) is 7.58. The van der Waals surface area contributed by atoms with Crippen LogP contribution in [0.15, 0.2) is 83.5 Å². The summed E-state index contributed by atoms with van der Waals surface area (Å²) in [4.78, 5) is 21.5. The molecule has 37 heavy (non-hydrogen) atoms. The minimum Gasteiger partial charge on any atom is -0.457 e. The van der Waals surface area contributed by atoms with Gasteiger partial charge in [0.2, 0.25) is 5.89 Å². The second kappa shape index (κ2) is 11.4. The number of carbonyl (C=O) groups is 1. The summed E-state index contributed by atoms with van der Waals surface area (Å²) in [6.07, 6.45) is 1.34. The van der Waals surface area contributed by atoms with E-state index in [9.17, 15) is 9.18 Å². The lowest BCUT2D eigenvalue weighted by Crippen LogP contribution is -2.45. The van der Waals surface area contributed by atoms with Crippen LogP contribution in [0.5, 0.6) is 11.5 Å². The molecule has 1 aliphatic rings. The van der Waals surface area contributed by atoms with Gasteiger partial charge >= 0.3 is 0 Å². The van der Waals surface area contributed by atoms with Crippen LogP contribution in [-0.4, -0.2) is 46.9 Å². The van der Waals surface area contributed by atoms with Gasteiger partial charge in [0.05, 0.1) is 6.54 Å². The number of amides is 1. The quantitative estimate of drug-likeness (QED) is 0.345. The number of oxazole rings is 1. The van der Waals surface area contributed by atoms with Crippen molar-refractivity contribution in [1.82, 2.24) is 14.8 Å². The zero-order valence-electron chi connectivity index (χ0n) is 20.7. The maximum Gasteiger partial charge on any atom is 0.277 e. The zero-order chi connectivity index (χ0) is 25.6. The number of nitrogens with zero attached hydrogens (tertiary/aromatic N) is 3. The number of piperazine rings is 1. The first kappa shape index (κ1) is 24.7. The number of hydrogen-bond acceptors (Lipinski definition) is 6.